The number of para-hydroxylation sites is 1. The first-order valence-electron chi connectivity index (χ1n) is 19.3. The molecule has 1 nitrogen and oxygen atoms in total. The molecule has 0 bridgehead atoms. The Morgan fingerprint density at radius 2 is 0.945 bits per heavy atom. The fraction of sp³-hybridized carbons (Fsp3) is 0.0370. The monoisotopic (exact) mass is 697 g/mol. The van der Waals surface area contributed by atoms with Crippen molar-refractivity contribution in [3.05, 3.63) is 234 Å². The van der Waals surface area contributed by atoms with Crippen molar-refractivity contribution in [1.82, 2.24) is 4.57 Å². The van der Waals surface area contributed by atoms with E-state index < -0.39 is 0 Å². The summed E-state index contributed by atoms with van der Waals surface area (Å²) in [6.07, 6.45) is 0. The van der Waals surface area contributed by atoms with Gasteiger partial charge < -0.3 is 4.57 Å². The Morgan fingerprint density at radius 3 is 1.80 bits per heavy atom. The van der Waals surface area contributed by atoms with E-state index in [0.29, 0.717) is 0 Å². The highest BCUT2D eigenvalue weighted by molar-refractivity contribution is 6.18. The molecule has 2 aliphatic carbocycles. The first-order valence-corrected chi connectivity index (χ1v) is 19.3. The lowest BCUT2D eigenvalue weighted by atomic mass is 9.86. The zero-order chi connectivity index (χ0) is 36.0. The molecule has 0 amide bonds. The van der Waals surface area contributed by atoms with Crippen LogP contribution in [0.5, 0.6) is 0 Å². The molecule has 12 rings (SSSR count). The highest BCUT2D eigenvalue weighted by atomic mass is 15.0. The van der Waals surface area contributed by atoms with Gasteiger partial charge in [0.05, 0.1) is 11.0 Å². The molecule has 0 saturated carbocycles. The molecule has 2 unspecified atom stereocenters. The number of hydrogen-bond acceptors (Lipinski definition) is 0. The van der Waals surface area contributed by atoms with Gasteiger partial charge in [-0.15, -0.1) is 0 Å². The SMILES string of the molecule is c1ccc(C2c3ccccc3-c3c2ccc2c3c3cc(-c4ccc5c(c4)-c4ccccc4C5c4cccc5ccccc45)ccc3n2-c2ccccc2)cc1. The maximum atomic E-state index is 2.46. The van der Waals surface area contributed by atoms with Crippen LogP contribution in [0.25, 0.3) is 71.6 Å². The van der Waals surface area contributed by atoms with Crippen molar-refractivity contribution in [2.24, 2.45) is 0 Å². The molecule has 0 saturated heterocycles. The van der Waals surface area contributed by atoms with Gasteiger partial charge in [-0.05, 0) is 114 Å². The Labute approximate surface area is 320 Å². The molecule has 0 fully saturated rings. The highest BCUT2D eigenvalue weighted by Crippen LogP contribution is 2.54. The van der Waals surface area contributed by atoms with Gasteiger partial charge in [-0.2, -0.15) is 0 Å². The van der Waals surface area contributed by atoms with Crippen molar-refractivity contribution in [2.75, 3.05) is 0 Å². The standard InChI is InChI=1S/C54H35N/c1-3-15-35(16-4-1)51-43-23-11-12-24-44(43)53-46(51)29-31-50-54(53)48-33-37(27-30-49(48)55(50)38-18-5-2-6-19-38)36-26-28-45-47(32-36)40-21-9-10-22-42(40)52(45)41-25-13-17-34-14-7-8-20-39(34)41/h1-33,51-52H. The lowest BCUT2D eigenvalue weighted by Gasteiger charge is -2.17. The lowest BCUT2D eigenvalue weighted by molar-refractivity contribution is 1.02. The second kappa shape index (κ2) is 11.8. The van der Waals surface area contributed by atoms with Gasteiger partial charge in [-0.25, -0.2) is 0 Å². The minimum atomic E-state index is 0.192. The molecule has 1 aromatic heterocycles. The van der Waals surface area contributed by atoms with Gasteiger partial charge in [0.1, 0.15) is 0 Å². The molecular formula is C54H35N. The summed E-state index contributed by atoms with van der Waals surface area (Å²) in [5.41, 5.74) is 19.7. The molecule has 0 aliphatic heterocycles. The van der Waals surface area contributed by atoms with Gasteiger partial charge in [0.15, 0.2) is 0 Å². The van der Waals surface area contributed by atoms with Crippen molar-refractivity contribution < 1.29 is 0 Å². The average Bonchev–Trinajstić information content (AvgIpc) is 3.89. The fourth-order valence-corrected chi connectivity index (χ4v) is 10.1. The third-order valence-electron chi connectivity index (χ3n) is 12.4. The van der Waals surface area contributed by atoms with Crippen molar-refractivity contribution in [3.63, 3.8) is 0 Å². The van der Waals surface area contributed by atoms with Crippen LogP contribution in [0.3, 0.4) is 0 Å². The molecule has 10 aromatic rings. The van der Waals surface area contributed by atoms with Crippen LogP contribution in [-0.4, -0.2) is 4.57 Å². The second-order valence-electron chi connectivity index (χ2n) is 15.1. The molecule has 2 aliphatic rings. The maximum absolute atomic E-state index is 2.46. The van der Waals surface area contributed by atoms with E-state index in [9.17, 15) is 0 Å². The van der Waals surface area contributed by atoms with Gasteiger partial charge in [0.2, 0.25) is 0 Å². The fourth-order valence-electron chi connectivity index (χ4n) is 10.1. The number of aromatic nitrogens is 1. The predicted molar refractivity (Wildman–Crippen MR) is 229 cm³/mol. The smallest absolute Gasteiger partial charge is 0.0547 e. The molecule has 55 heavy (non-hydrogen) atoms. The van der Waals surface area contributed by atoms with E-state index in [1.54, 1.807) is 0 Å². The quantitative estimate of drug-likeness (QED) is 0.173. The molecule has 1 heterocycles. The van der Waals surface area contributed by atoms with E-state index in [1.807, 2.05) is 0 Å². The Bertz CT molecular complexity index is 3140. The van der Waals surface area contributed by atoms with Crippen LogP contribution in [0.4, 0.5) is 0 Å². The van der Waals surface area contributed by atoms with Gasteiger partial charge in [-0.3, -0.25) is 0 Å². The first-order chi connectivity index (χ1) is 27.3. The highest BCUT2D eigenvalue weighted by Gasteiger charge is 2.34. The van der Waals surface area contributed by atoms with Crippen LogP contribution >= 0.6 is 0 Å². The van der Waals surface area contributed by atoms with Crippen LogP contribution in [0.2, 0.25) is 0 Å². The Kier molecular flexibility index (Phi) is 6.53. The summed E-state index contributed by atoms with van der Waals surface area (Å²) in [5, 5.41) is 5.22. The minimum Gasteiger partial charge on any atom is -0.309 e. The molecule has 0 spiro atoms. The van der Waals surface area contributed by atoms with E-state index in [2.05, 4.69) is 205 Å². The number of hydrogen-bond donors (Lipinski definition) is 0. The number of fused-ring (bicyclic) bond motifs is 11. The zero-order valence-electron chi connectivity index (χ0n) is 30.2. The summed E-state index contributed by atoms with van der Waals surface area (Å²) in [5.74, 6) is 0.388. The first kappa shape index (κ1) is 30.5. The van der Waals surface area contributed by atoms with Crippen molar-refractivity contribution in [2.45, 2.75) is 11.8 Å². The summed E-state index contributed by atoms with van der Waals surface area (Å²) in [7, 11) is 0. The van der Waals surface area contributed by atoms with Crippen molar-refractivity contribution in [3.8, 4) is 39.1 Å². The van der Waals surface area contributed by atoms with Crippen LogP contribution in [0.15, 0.2) is 200 Å². The van der Waals surface area contributed by atoms with Crippen molar-refractivity contribution >= 4 is 32.6 Å². The molecule has 1 heteroatoms. The van der Waals surface area contributed by atoms with Gasteiger partial charge in [0, 0.05) is 28.3 Å². The molecule has 9 aromatic carbocycles. The number of rotatable bonds is 4. The summed E-state index contributed by atoms with van der Waals surface area (Å²) in [4.78, 5) is 0. The minimum absolute atomic E-state index is 0.192. The second-order valence-corrected chi connectivity index (χ2v) is 15.1. The van der Waals surface area contributed by atoms with Gasteiger partial charge in [-0.1, -0.05) is 164 Å². The largest absolute Gasteiger partial charge is 0.309 e. The number of benzene rings is 9. The third kappa shape index (κ3) is 4.41. The number of nitrogens with zero attached hydrogens (tertiary/aromatic N) is 1. The van der Waals surface area contributed by atoms with E-state index >= 15 is 0 Å². The normalized spacial score (nSPS) is 15.3. The predicted octanol–water partition coefficient (Wildman–Crippen LogP) is 13.9. The summed E-state index contributed by atoms with van der Waals surface area (Å²) >= 11 is 0. The van der Waals surface area contributed by atoms with Crippen molar-refractivity contribution in [1.29, 1.82) is 0 Å². The van der Waals surface area contributed by atoms with E-state index in [-0.39, 0.29) is 11.8 Å². The molecule has 0 N–H and O–H groups in total. The Balaban J connectivity index is 1.09. The van der Waals surface area contributed by atoms with E-state index in [1.165, 1.54) is 105 Å². The third-order valence-corrected chi connectivity index (χ3v) is 12.4. The van der Waals surface area contributed by atoms with E-state index in [0.717, 1.165) is 0 Å². The lowest BCUT2D eigenvalue weighted by Crippen LogP contribution is -2.00. The topological polar surface area (TPSA) is 4.93 Å². The van der Waals surface area contributed by atoms with Gasteiger partial charge in [0.25, 0.3) is 0 Å². The zero-order valence-corrected chi connectivity index (χ0v) is 30.2. The Morgan fingerprint density at radius 1 is 0.345 bits per heavy atom. The van der Waals surface area contributed by atoms with Crippen LogP contribution < -0.4 is 0 Å². The average molecular weight is 698 g/mol. The van der Waals surface area contributed by atoms with Crippen LogP contribution in [0, 0.1) is 0 Å². The van der Waals surface area contributed by atoms with E-state index in [4.69, 9.17) is 0 Å². The summed E-state index contributed by atoms with van der Waals surface area (Å²) in [6, 6.07) is 74.6. The molecule has 2 atom stereocenters. The molecule has 0 radical (unpaired) electrons. The summed E-state index contributed by atoms with van der Waals surface area (Å²) in [6.45, 7) is 0. The maximum Gasteiger partial charge on any atom is 0.0547 e. The van der Waals surface area contributed by atoms with Gasteiger partial charge >= 0.3 is 0 Å². The summed E-state index contributed by atoms with van der Waals surface area (Å²) < 4.78 is 2.46. The van der Waals surface area contributed by atoms with Crippen LogP contribution in [-0.2, 0) is 0 Å². The molecule has 256 valence electrons. The molecular weight excluding hydrogens is 663 g/mol. The van der Waals surface area contributed by atoms with Crippen LogP contribution in [0.1, 0.15) is 45.2 Å². The Hall–Kier alpha value is -6.96.